The van der Waals surface area contributed by atoms with Gasteiger partial charge in [0.1, 0.15) is 0 Å². The van der Waals surface area contributed by atoms with Crippen molar-refractivity contribution in [3.63, 3.8) is 0 Å². The summed E-state index contributed by atoms with van der Waals surface area (Å²) in [5.74, 6) is -1.57. The maximum absolute atomic E-state index is 12.7. The fraction of sp³-hybridized carbons (Fsp3) is 0.238. The fourth-order valence-electron chi connectivity index (χ4n) is 3.09. The molecule has 2 aromatic carbocycles. The van der Waals surface area contributed by atoms with E-state index in [-0.39, 0.29) is 27.9 Å². The van der Waals surface area contributed by atoms with Gasteiger partial charge in [0, 0.05) is 11.1 Å². The molecule has 0 aliphatic heterocycles. The molecule has 32 heavy (non-hydrogen) atoms. The van der Waals surface area contributed by atoms with Crippen molar-refractivity contribution in [2.45, 2.75) is 31.7 Å². The lowest BCUT2D eigenvalue weighted by Crippen LogP contribution is -2.28. The summed E-state index contributed by atoms with van der Waals surface area (Å²) in [4.78, 5) is 37.3. The number of nitrogens with one attached hydrogen (secondary N) is 1. The molecule has 1 heterocycles. The molecule has 0 saturated carbocycles. The SMILES string of the molecule is Cc1ccc(NC(=O)COC(=O)c2nn(C(C)C)c(=O)c3ccccc23)cc1S(N)(=O)=O. The smallest absolute Gasteiger partial charge is 0.359 e. The van der Waals surface area contributed by atoms with E-state index in [1.807, 2.05) is 0 Å². The van der Waals surface area contributed by atoms with E-state index in [0.29, 0.717) is 16.3 Å². The first-order chi connectivity index (χ1) is 15.0. The molecule has 11 heteroatoms. The number of carbonyl (C=O) groups excluding carboxylic acids is 2. The number of sulfonamides is 1. The Morgan fingerprint density at radius 2 is 1.81 bits per heavy atom. The van der Waals surface area contributed by atoms with Gasteiger partial charge in [0.05, 0.1) is 16.3 Å². The third-order valence-electron chi connectivity index (χ3n) is 4.62. The molecule has 3 N–H and O–H groups in total. The highest BCUT2D eigenvalue weighted by Gasteiger charge is 2.20. The van der Waals surface area contributed by atoms with E-state index in [4.69, 9.17) is 9.88 Å². The van der Waals surface area contributed by atoms with Gasteiger partial charge in [-0.05, 0) is 44.5 Å². The molecule has 3 aromatic rings. The summed E-state index contributed by atoms with van der Waals surface area (Å²) in [6.07, 6.45) is 0. The monoisotopic (exact) mass is 458 g/mol. The number of ether oxygens (including phenoxy) is 1. The van der Waals surface area contributed by atoms with Crippen LogP contribution in [0.15, 0.2) is 52.2 Å². The minimum absolute atomic E-state index is 0.0893. The van der Waals surface area contributed by atoms with Gasteiger partial charge < -0.3 is 10.1 Å². The predicted octanol–water partition coefficient (Wildman–Crippen LogP) is 1.73. The van der Waals surface area contributed by atoms with Crippen molar-refractivity contribution in [1.82, 2.24) is 9.78 Å². The van der Waals surface area contributed by atoms with Crippen molar-refractivity contribution >= 4 is 38.4 Å². The van der Waals surface area contributed by atoms with Crippen LogP contribution >= 0.6 is 0 Å². The summed E-state index contributed by atoms with van der Waals surface area (Å²) in [7, 11) is -3.96. The van der Waals surface area contributed by atoms with Gasteiger partial charge in [0.15, 0.2) is 12.3 Å². The Labute approximate surface area is 184 Å². The molecule has 3 rings (SSSR count). The normalized spacial score (nSPS) is 11.5. The number of aromatic nitrogens is 2. The van der Waals surface area contributed by atoms with Crippen molar-refractivity contribution in [2.24, 2.45) is 5.14 Å². The number of rotatable bonds is 6. The number of anilines is 1. The average Bonchev–Trinajstić information content (AvgIpc) is 2.73. The molecular weight excluding hydrogens is 436 g/mol. The Hall–Kier alpha value is -3.57. The van der Waals surface area contributed by atoms with Crippen LogP contribution < -0.4 is 16.0 Å². The maximum Gasteiger partial charge on any atom is 0.359 e. The van der Waals surface area contributed by atoms with Crippen LogP contribution in [0.25, 0.3) is 10.8 Å². The van der Waals surface area contributed by atoms with Crippen LogP contribution in [0, 0.1) is 6.92 Å². The zero-order valence-electron chi connectivity index (χ0n) is 17.7. The molecule has 0 saturated heterocycles. The second-order valence-corrected chi connectivity index (χ2v) is 8.92. The van der Waals surface area contributed by atoms with E-state index in [1.165, 1.54) is 22.9 Å². The summed E-state index contributed by atoms with van der Waals surface area (Å²) in [5, 5.41) is 12.4. The van der Waals surface area contributed by atoms with E-state index in [9.17, 15) is 22.8 Å². The third kappa shape index (κ3) is 4.84. The lowest BCUT2D eigenvalue weighted by molar-refractivity contribution is -0.119. The predicted molar refractivity (Wildman–Crippen MR) is 118 cm³/mol. The molecule has 1 amide bonds. The van der Waals surface area contributed by atoms with Gasteiger partial charge in [-0.2, -0.15) is 5.10 Å². The van der Waals surface area contributed by atoms with Crippen molar-refractivity contribution < 1.29 is 22.7 Å². The van der Waals surface area contributed by atoms with E-state index in [1.54, 1.807) is 45.0 Å². The molecule has 0 bridgehead atoms. The van der Waals surface area contributed by atoms with Gasteiger partial charge in [-0.25, -0.2) is 23.0 Å². The van der Waals surface area contributed by atoms with Crippen molar-refractivity contribution in [2.75, 3.05) is 11.9 Å². The van der Waals surface area contributed by atoms with Gasteiger partial charge in [-0.1, -0.05) is 24.3 Å². The van der Waals surface area contributed by atoms with Crippen LogP contribution in [-0.2, 0) is 19.6 Å². The largest absolute Gasteiger partial charge is 0.451 e. The standard InChI is InChI=1S/C21H22N4O6S/c1-12(2)25-20(27)16-7-5-4-6-15(16)19(24-25)21(28)31-11-18(26)23-14-9-8-13(3)17(10-14)32(22,29)30/h4-10,12H,11H2,1-3H3,(H,23,26)(H2,22,29,30). The number of fused-ring (bicyclic) bond motifs is 1. The Balaban J connectivity index is 1.79. The molecule has 10 nitrogen and oxygen atoms in total. The van der Waals surface area contributed by atoms with Gasteiger partial charge in [0.2, 0.25) is 10.0 Å². The quantitative estimate of drug-likeness (QED) is 0.534. The number of esters is 1. The van der Waals surface area contributed by atoms with Crippen LogP contribution in [0.3, 0.4) is 0 Å². The van der Waals surface area contributed by atoms with E-state index in [2.05, 4.69) is 10.4 Å². The molecule has 0 aliphatic rings. The number of nitrogens with two attached hydrogens (primary N) is 1. The topological polar surface area (TPSA) is 150 Å². The van der Waals surface area contributed by atoms with Gasteiger partial charge in [-0.3, -0.25) is 9.59 Å². The third-order valence-corrected chi connectivity index (χ3v) is 5.68. The molecule has 1 aromatic heterocycles. The molecule has 0 unspecified atom stereocenters. The number of primary sulfonamides is 1. The minimum atomic E-state index is -3.96. The average molecular weight is 458 g/mol. The number of hydrogen-bond donors (Lipinski definition) is 2. The highest BCUT2D eigenvalue weighted by Crippen LogP contribution is 2.19. The molecule has 0 spiro atoms. The summed E-state index contributed by atoms with van der Waals surface area (Å²) in [5.41, 5.74) is 0.177. The van der Waals surface area contributed by atoms with Crippen LogP contribution in [0.1, 0.15) is 35.9 Å². The number of aryl methyl sites for hydroxylation is 1. The number of hydrogen-bond acceptors (Lipinski definition) is 7. The summed E-state index contributed by atoms with van der Waals surface area (Å²) in [6.45, 7) is 4.43. The van der Waals surface area contributed by atoms with Gasteiger partial charge in [-0.15, -0.1) is 0 Å². The Morgan fingerprint density at radius 1 is 1.16 bits per heavy atom. The van der Waals surface area contributed by atoms with Crippen LogP contribution in [0.2, 0.25) is 0 Å². The lowest BCUT2D eigenvalue weighted by atomic mass is 10.1. The summed E-state index contributed by atoms with van der Waals surface area (Å²) < 4.78 is 29.5. The van der Waals surface area contributed by atoms with Crippen molar-refractivity contribution in [1.29, 1.82) is 0 Å². The summed E-state index contributed by atoms with van der Waals surface area (Å²) in [6, 6.07) is 10.4. The van der Waals surface area contributed by atoms with E-state index in [0.717, 1.165) is 0 Å². The maximum atomic E-state index is 12.7. The van der Waals surface area contributed by atoms with Crippen molar-refractivity contribution in [3.05, 3.63) is 64.1 Å². The molecular formula is C21H22N4O6S. The molecule has 0 aliphatic carbocycles. The number of carbonyl (C=O) groups is 2. The highest BCUT2D eigenvalue weighted by atomic mass is 32.2. The van der Waals surface area contributed by atoms with E-state index < -0.39 is 28.5 Å². The van der Waals surface area contributed by atoms with Crippen LogP contribution in [-0.4, -0.2) is 36.7 Å². The second kappa shape index (κ2) is 8.89. The molecule has 0 radical (unpaired) electrons. The van der Waals surface area contributed by atoms with Gasteiger partial charge in [0.25, 0.3) is 11.5 Å². The van der Waals surface area contributed by atoms with Crippen LogP contribution in [0.4, 0.5) is 5.69 Å². The Morgan fingerprint density at radius 3 is 2.44 bits per heavy atom. The number of nitrogens with zero attached hydrogens (tertiary/aromatic N) is 2. The molecule has 0 atom stereocenters. The van der Waals surface area contributed by atoms with Crippen LogP contribution in [0.5, 0.6) is 0 Å². The Kier molecular flexibility index (Phi) is 6.42. The first kappa shape index (κ1) is 23.1. The molecule has 168 valence electrons. The minimum Gasteiger partial charge on any atom is -0.451 e. The number of benzene rings is 2. The van der Waals surface area contributed by atoms with E-state index >= 15 is 0 Å². The Bertz CT molecular complexity index is 1380. The first-order valence-corrected chi connectivity index (χ1v) is 11.2. The molecule has 0 fully saturated rings. The zero-order chi connectivity index (χ0) is 23.6. The zero-order valence-corrected chi connectivity index (χ0v) is 18.5. The lowest BCUT2D eigenvalue weighted by Gasteiger charge is -2.13. The first-order valence-electron chi connectivity index (χ1n) is 9.61. The highest BCUT2D eigenvalue weighted by molar-refractivity contribution is 7.89. The van der Waals surface area contributed by atoms with Gasteiger partial charge >= 0.3 is 5.97 Å². The number of amides is 1. The van der Waals surface area contributed by atoms with Crippen molar-refractivity contribution in [3.8, 4) is 0 Å². The fourth-order valence-corrected chi connectivity index (χ4v) is 3.90. The summed E-state index contributed by atoms with van der Waals surface area (Å²) >= 11 is 0. The second-order valence-electron chi connectivity index (χ2n) is 7.39.